The summed E-state index contributed by atoms with van der Waals surface area (Å²) < 4.78 is 7.58. The first-order valence-electron chi connectivity index (χ1n) is 8.08. The summed E-state index contributed by atoms with van der Waals surface area (Å²) >= 11 is 0. The number of aliphatic imine (C=N–C) groups is 1. The third-order valence-electron chi connectivity index (χ3n) is 4.50. The van der Waals surface area contributed by atoms with Gasteiger partial charge in [0.25, 0.3) is 0 Å². The summed E-state index contributed by atoms with van der Waals surface area (Å²) in [5.41, 5.74) is 8.36. The van der Waals surface area contributed by atoms with E-state index < -0.39 is 0 Å². The Kier molecular flexibility index (Phi) is 3.25. The molecule has 120 valence electrons. The van der Waals surface area contributed by atoms with E-state index in [1.54, 1.807) is 0 Å². The van der Waals surface area contributed by atoms with Gasteiger partial charge in [0.1, 0.15) is 13.4 Å². The predicted molar refractivity (Wildman–Crippen MR) is 94.4 cm³/mol. The zero-order valence-electron chi connectivity index (χ0n) is 15.7. The minimum Gasteiger partial charge on any atom is -0.377 e. The summed E-state index contributed by atoms with van der Waals surface area (Å²) in [6.07, 6.45) is -0.0438. The third kappa shape index (κ3) is 2.25. The molecule has 0 saturated carbocycles. The summed E-state index contributed by atoms with van der Waals surface area (Å²) in [5.74, 6) is 0.531. The molecular weight excluding hydrogens is 288 g/mol. The Labute approximate surface area is 138 Å². The van der Waals surface area contributed by atoms with Crippen molar-refractivity contribution in [3.63, 3.8) is 0 Å². The van der Waals surface area contributed by atoms with Gasteiger partial charge in [-0.2, -0.15) is 5.10 Å². The molecule has 0 bridgehead atoms. The van der Waals surface area contributed by atoms with Crippen LogP contribution in [0.1, 0.15) is 36.4 Å². The molecule has 1 aliphatic rings. The first-order chi connectivity index (χ1) is 11.2. The second-order valence-electron chi connectivity index (χ2n) is 6.16. The van der Waals surface area contributed by atoms with Crippen LogP contribution in [0.2, 0.25) is 0 Å². The molecule has 2 aromatic rings. The molecule has 1 aliphatic heterocycles. The Morgan fingerprint density at radius 3 is 2.22 bits per heavy atom. The van der Waals surface area contributed by atoms with E-state index in [0.717, 1.165) is 22.5 Å². The Morgan fingerprint density at radius 2 is 1.65 bits per heavy atom. The van der Waals surface area contributed by atoms with Crippen LogP contribution in [0.4, 0.5) is 11.4 Å². The van der Waals surface area contributed by atoms with Crippen LogP contribution in [0, 0.1) is 27.7 Å². The van der Waals surface area contributed by atoms with Gasteiger partial charge >= 0.3 is 0 Å². The van der Waals surface area contributed by atoms with E-state index >= 15 is 0 Å². The van der Waals surface area contributed by atoms with Crippen LogP contribution in [0.15, 0.2) is 16.4 Å². The average molecular weight is 311 g/mol. The van der Waals surface area contributed by atoms with E-state index in [9.17, 15) is 0 Å². The average Bonchev–Trinajstić information content (AvgIpc) is 2.97. The SMILES string of the molecule is [2H]c1nc2n(n1)N=C(C)C2=Nc1c(C)c(C)c(N(C)C)c(C)c1C. The largest absolute Gasteiger partial charge is 0.377 e. The van der Waals surface area contributed by atoms with Gasteiger partial charge in [0, 0.05) is 19.8 Å². The van der Waals surface area contributed by atoms with Crippen LogP contribution in [0.5, 0.6) is 0 Å². The van der Waals surface area contributed by atoms with Crippen molar-refractivity contribution in [3.8, 4) is 0 Å². The molecule has 0 unspecified atom stereocenters. The van der Waals surface area contributed by atoms with Gasteiger partial charge in [0.15, 0.2) is 0 Å². The molecular formula is C17H22N6. The van der Waals surface area contributed by atoms with E-state index in [-0.39, 0.29) is 6.30 Å². The van der Waals surface area contributed by atoms with Crippen LogP contribution >= 0.6 is 0 Å². The van der Waals surface area contributed by atoms with Gasteiger partial charge in [-0.15, -0.1) is 9.89 Å². The fourth-order valence-corrected chi connectivity index (χ4v) is 3.13. The lowest BCUT2D eigenvalue weighted by atomic mass is 9.95. The van der Waals surface area contributed by atoms with Gasteiger partial charge in [-0.25, -0.2) is 9.98 Å². The maximum absolute atomic E-state index is 7.58. The number of hydrogen-bond acceptors (Lipinski definition) is 5. The van der Waals surface area contributed by atoms with Gasteiger partial charge in [0.05, 0.1) is 11.4 Å². The maximum atomic E-state index is 7.58. The van der Waals surface area contributed by atoms with E-state index in [1.165, 1.54) is 21.6 Å². The van der Waals surface area contributed by atoms with Gasteiger partial charge in [-0.3, -0.25) is 0 Å². The Bertz CT molecular complexity index is 875. The first-order valence-corrected chi connectivity index (χ1v) is 7.58. The number of hydrogen-bond donors (Lipinski definition) is 0. The van der Waals surface area contributed by atoms with E-state index in [4.69, 9.17) is 6.36 Å². The quantitative estimate of drug-likeness (QED) is 0.857. The summed E-state index contributed by atoms with van der Waals surface area (Å²) in [7, 11) is 4.12. The summed E-state index contributed by atoms with van der Waals surface area (Å²) in [4.78, 5) is 12.5. The highest BCUT2D eigenvalue weighted by molar-refractivity contribution is 6.48. The van der Waals surface area contributed by atoms with Crippen LogP contribution in [-0.2, 0) is 0 Å². The molecule has 0 saturated heterocycles. The molecule has 3 rings (SSSR count). The number of nitrogens with zero attached hydrogens (tertiary/aromatic N) is 6. The predicted octanol–water partition coefficient (Wildman–Crippen LogP) is 2.94. The van der Waals surface area contributed by atoms with Crippen LogP contribution < -0.4 is 4.90 Å². The van der Waals surface area contributed by atoms with E-state index in [0.29, 0.717) is 11.5 Å². The maximum Gasteiger partial charge on any atom is 0.203 e. The second kappa shape index (κ2) is 5.30. The number of anilines is 1. The molecule has 0 N–H and O–H groups in total. The molecule has 6 heteroatoms. The molecule has 0 amide bonds. The molecule has 1 aromatic heterocycles. The first kappa shape index (κ1) is 14.1. The van der Waals surface area contributed by atoms with Crippen molar-refractivity contribution in [2.24, 2.45) is 10.1 Å². The van der Waals surface area contributed by atoms with Gasteiger partial charge in [0.2, 0.25) is 5.82 Å². The van der Waals surface area contributed by atoms with Crippen molar-refractivity contribution >= 4 is 22.8 Å². The summed E-state index contributed by atoms with van der Waals surface area (Å²) in [5, 5.41) is 8.25. The molecule has 0 spiro atoms. The standard InChI is InChI=1S/C17H22N6/c1-9-11(3)16(22(6)7)12(4)10(2)14(9)20-15-13(5)21-23-17(15)18-8-19-23/h8H,1-7H3/i8D. The number of fused-ring (bicyclic) bond motifs is 1. The summed E-state index contributed by atoms with van der Waals surface area (Å²) in [6, 6.07) is 0. The Balaban J connectivity index is 2.24. The third-order valence-corrected chi connectivity index (χ3v) is 4.50. The van der Waals surface area contributed by atoms with E-state index in [1.807, 2.05) is 6.92 Å². The lowest BCUT2D eigenvalue weighted by Gasteiger charge is -2.24. The topological polar surface area (TPSA) is 58.7 Å². The zero-order valence-corrected chi connectivity index (χ0v) is 14.7. The monoisotopic (exact) mass is 311 g/mol. The minimum absolute atomic E-state index is 0.0438. The van der Waals surface area contributed by atoms with Crippen molar-refractivity contribution in [1.82, 2.24) is 14.9 Å². The zero-order chi connectivity index (χ0) is 17.8. The molecule has 2 heterocycles. The summed E-state index contributed by atoms with van der Waals surface area (Å²) in [6.45, 7) is 10.3. The van der Waals surface area contributed by atoms with Crippen LogP contribution in [-0.4, -0.2) is 40.4 Å². The van der Waals surface area contributed by atoms with E-state index in [2.05, 4.69) is 61.9 Å². The highest BCUT2D eigenvalue weighted by Gasteiger charge is 2.24. The van der Waals surface area contributed by atoms with Crippen molar-refractivity contribution in [2.45, 2.75) is 34.6 Å². The highest BCUT2D eigenvalue weighted by atomic mass is 15.6. The Hall–Kier alpha value is -2.50. The molecule has 0 fully saturated rings. The fourth-order valence-electron chi connectivity index (χ4n) is 3.13. The van der Waals surface area contributed by atoms with Gasteiger partial charge < -0.3 is 4.90 Å². The van der Waals surface area contributed by atoms with Crippen molar-refractivity contribution in [1.29, 1.82) is 0 Å². The number of aromatic nitrogens is 3. The normalized spacial score (nSPS) is 15.7. The van der Waals surface area contributed by atoms with Crippen molar-refractivity contribution in [2.75, 3.05) is 19.0 Å². The highest BCUT2D eigenvalue weighted by Crippen LogP contribution is 2.37. The molecule has 0 atom stereocenters. The lowest BCUT2D eigenvalue weighted by molar-refractivity contribution is 0.745. The molecule has 0 aliphatic carbocycles. The number of rotatable bonds is 2. The molecule has 23 heavy (non-hydrogen) atoms. The number of benzene rings is 1. The molecule has 0 radical (unpaired) electrons. The second-order valence-corrected chi connectivity index (χ2v) is 6.16. The van der Waals surface area contributed by atoms with Gasteiger partial charge in [-0.1, -0.05) is 0 Å². The molecule has 1 aromatic carbocycles. The van der Waals surface area contributed by atoms with Crippen LogP contribution in [0.3, 0.4) is 0 Å². The fraction of sp³-hybridized carbons (Fsp3) is 0.412. The van der Waals surface area contributed by atoms with Crippen molar-refractivity contribution in [3.05, 3.63) is 34.4 Å². The van der Waals surface area contributed by atoms with Gasteiger partial charge in [-0.05, 0) is 56.9 Å². The van der Waals surface area contributed by atoms with Crippen LogP contribution in [0.25, 0.3) is 0 Å². The molecule has 6 nitrogen and oxygen atoms in total. The Morgan fingerprint density at radius 1 is 1.04 bits per heavy atom. The smallest absolute Gasteiger partial charge is 0.203 e. The minimum atomic E-state index is -0.0438. The lowest BCUT2D eigenvalue weighted by Crippen LogP contribution is -2.14. The van der Waals surface area contributed by atoms with Crippen molar-refractivity contribution < 1.29 is 1.37 Å².